The number of nitrogens with zero attached hydrogens (tertiary/aromatic N) is 1. The molecular formula is C19H18FNO3S. The SMILES string of the molecule is COCOc1ccc(F)cc1C(O)(Cc1ccncc1)c1cccs1. The minimum Gasteiger partial charge on any atom is -0.467 e. The van der Waals surface area contributed by atoms with Gasteiger partial charge in [0, 0.05) is 36.4 Å². The van der Waals surface area contributed by atoms with Gasteiger partial charge in [-0.2, -0.15) is 0 Å². The molecule has 0 fully saturated rings. The summed E-state index contributed by atoms with van der Waals surface area (Å²) in [6.45, 7) is 0.00834. The Morgan fingerprint density at radius 2 is 2.00 bits per heavy atom. The highest BCUT2D eigenvalue weighted by molar-refractivity contribution is 7.10. The molecule has 6 heteroatoms. The molecule has 0 amide bonds. The molecule has 1 atom stereocenters. The summed E-state index contributed by atoms with van der Waals surface area (Å²) >= 11 is 1.41. The predicted octanol–water partition coefficient (Wildman–Crippen LogP) is 3.74. The summed E-state index contributed by atoms with van der Waals surface area (Å²) in [5.41, 5.74) is -0.183. The number of aromatic nitrogens is 1. The van der Waals surface area contributed by atoms with Gasteiger partial charge in [-0.1, -0.05) is 6.07 Å². The fourth-order valence-electron chi connectivity index (χ4n) is 2.70. The van der Waals surface area contributed by atoms with Crippen LogP contribution >= 0.6 is 11.3 Å². The van der Waals surface area contributed by atoms with E-state index in [-0.39, 0.29) is 13.2 Å². The number of thiophene rings is 1. The van der Waals surface area contributed by atoms with Crippen LogP contribution in [0.3, 0.4) is 0 Å². The van der Waals surface area contributed by atoms with E-state index in [2.05, 4.69) is 4.98 Å². The van der Waals surface area contributed by atoms with Gasteiger partial charge < -0.3 is 14.6 Å². The molecule has 130 valence electrons. The Balaban J connectivity index is 2.10. The summed E-state index contributed by atoms with van der Waals surface area (Å²) in [4.78, 5) is 4.71. The van der Waals surface area contributed by atoms with E-state index < -0.39 is 11.4 Å². The van der Waals surface area contributed by atoms with Crippen molar-refractivity contribution in [2.75, 3.05) is 13.9 Å². The Kier molecular flexibility index (Phi) is 5.43. The lowest BCUT2D eigenvalue weighted by molar-refractivity contribution is 0.0406. The molecule has 0 aliphatic heterocycles. The molecule has 0 aliphatic rings. The van der Waals surface area contributed by atoms with Crippen LogP contribution in [0.15, 0.2) is 60.2 Å². The van der Waals surface area contributed by atoms with E-state index in [0.29, 0.717) is 16.2 Å². The lowest BCUT2D eigenvalue weighted by Crippen LogP contribution is -2.30. The molecule has 0 spiro atoms. The normalized spacial score (nSPS) is 13.4. The van der Waals surface area contributed by atoms with E-state index in [1.54, 1.807) is 12.4 Å². The molecular weight excluding hydrogens is 341 g/mol. The van der Waals surface area contributed by atoms with Crippen LogP contribution in [-0.2, 0) is 16.8 Å². The summed E-state index contributed by atoms with van der Waals surface area (Å²) < 4.78 is 24.5. The smallest absolute Gasteiger partial charge is 0.188 e. The van der Waals surface area contributed by atoms with Gasteiger partial charge in [0.15, 0.2) is 6.79 Å². The topological polar surface area (TPSA) is 51.6 Å². The van der Waals surface area contributed by atoms with Gasteiger partial charge in [0.2, 0.25) is 0 Å². The fraction of sp³-hybridized carbons (Fsp3) is 0.211. The second-order valence-corrected chi connectivity index (χ2v) is 6.51. The predicted molar refractivity (Wildman–Crippen MR) is 94.2 cm³/mol. The highest BCUT2D eigenvalue weighted by Crippen LogP contribution is 2.40. The van der Waals surface area contributed by atoms with Crippen LogP contribution in [0.25, 0.3) is 0 Å². The maximum Gasteiger partial charge on any atom is 0.188 e. The maximum absolute atomic E-state index is 14.0. The number of ether oxygens (including phenoxy) is 2. The number of pyridine rings is 1. The Labute approximate surface area is 149 Å². The van der Waals surface area contributed by atoms with E-state index in [4.69, 9.17) is 9.47 Å². The summed E-state index contributed by atoms with van der Waals surface area (Å²) in [6, 6.07) is 11.5. The van der Waals surface area contributed by atoms with Gasteiger partial charge in [-0.05, 0) is 47.3 Å². The van der Waals surface area contributed by atoms with Gasteiger partial charge in [0.05, 0.1) is 0 Å². The highest BCUT2D eigenvalue weighted by Gasteiger charge is 2.36. The molecule has 3 rings (SSSR count). The first-order chi connectivity index (χ1) is 12.1. The Morgan fingerprint density at radius 3 is 2.68 bits per heavy atom. The van der Waals surface area contributed by atoms with Gasteiger partial charge in [0.1, 0.15) is 17.2 Å². The van der Waals surface area contributed by atoms with Gasteiger partial charge in [0.25, 0.3) is 0 Å². The van der Waals surface area contributed by atoms with Crippen LogP contribution in [0, 0.1) is 5.82 Å². The Hall–Kier alpha value is -2.28. The van der Waals surface area contributed by atoms with Gasteiger partial charge >= 0.3 is 0 Å². The number of hydrogen-bond donors (Lipinski definition) is 1. The van der Waals surface area contributed by atoms with Crippen LogP contribution in [0.4, 0.5) is 4.39 Å². The number of hydrogen-bond acceptors (Lipinski definition) is 5. The summed E-state index contributed by atoms with van der Waals surface area (Å²) in [5.74, 6) is -0.0577. The van der Waals surface area contributed by atoms with Gasteiger partial charge in [-0.3, -0.25) is 4.98 Å². The number of benzene rings is 1. The first-order valence-corrected chi connectivity index (χ1v) is 8.58. The molecule has 0 aliphatic carbocycles. The molecule has 0 saturated carbocycles. The number of methoxy groups -OCH3 is 1. The zero-order chi connectivity index (χ0) is 17.7. The zero-order valence-electron chi connectivity index (χ0n) is 13.7. The van der Waals surface area contributed by atoms with E-state index in [9.17, 15) is 9.50 Å². The molecule has 2 aromatic heterocycles. The molecule has 0 saturated heterocycles. The summed E-state index contributed by atoms with van der Waals surface area (Å²) in [6.07, 6.45) is 3.60. The standard InChI is InChI=1S/C19H18FNO3S/c1-23-13-24-17-5-4-15(20)11-16(17)19(22,18-3-2-10-25-18)12-14-6-8-21-9-7-14/h2-11,22H,12-13H2,1H3. The number of rotatable bonds is 7. The molecule has 4 nitrogen and oxygen atoms in total. The van der Waals surface area contributed by atoms with Crippen molar-refractivity contribution in [1.82, 2.24) is 4.98 Å². The third-order valence-electron chi connectivity index (χ3n) is 3.86. The molecule has 1 N–H and O–H groups in total. The maximum atomic E-state index is 14.0. The minimum atomic E-state index is -1.43. The van der Waals surface area contributed by atoms with Crippen LogP contribution in [-0.4, -0.2) is 24.0 Å². The van der Waals surface area contributed by atoms with Crippen molar-refractivity contribution in [2.45, 2.75) is 12.0 Å². The molecule has 0 radical (unpaired) electrons. The molecule has 0 bridgehead atoms. The average Bonchev–Trinajstić information content (AvgIpc) is 3.17. The lowest BCUT2D eigenvalue weighted by atomic mass is 9.85. The van der Waals surface area contributed by atoms with Crippen LogP contribution in [0.1, 0.15) is 16.0 Å². The second-order valence-electron chi connectivity index (χ2n) is 5.56. The zero-order valence-corrected chi connectivity index (χ0v) is 14.5. The number of aliphatic hydroxyl groups is 1. The molecule has 1 unspecified atom stereocenters. The van der Waals surface area contributed by atoms with Crippen LogP contribution < -0.4 is 4.74 Å². The Morgan fingerprint density at radius 1 is 1.20 bits per heavy atom. The largest absolute Gasteiger partial charge is 0.467 e. The third kappa shape index (κ3) is 3.87. The summed E-state index contributed by atoms with van der Waals surface area (Å²) in [5, 5.41) is 13.5. The van der Waals surface area contributed by atoms with Crippen molar-refractivity contribution in [3.05, 3.63) is 82.1 Å². The third-order valence-corrected chi connectivity index (χ3v) is 4.88. The lowest BCUT2D eigenvalue weighted by Gasteiger charge is -2.29. The average molecular weight is 359 g/mol. The van der Waals surface area contributed by atoms with Crippen LogP contribution in [0.2, 0.25) is 0 Å². The van der Waals surface area contributed by atoms with E-state index in [1.165, 1.54) is 36.6 Å². The number of halogens is 1. The highest BCUT2D eigenvalue weighted by atomic mass is 32.1. The molecule has 25 heavy (non-hydrogen) atoms. The van der Waals surface area contributed by atoms with Crippen molar-refractivity contribution < 1.29 is 19.0 Å². The van der Waals surface area contributed by atoms with Crippen molar-refractivity contribution in [1.29, 1.82) is 0 Å². The first-order valence-electron chi connectivity index (χ1n) is 7.70. The van der Waals surface area contributed by atoms with Crippen molar-refractivity contribution in [2.24, 2.45) is 0 Å². The first kappa shape index (κ1) is 17.5. The quantitative estimate of drug-likeness (QED) is 0.653. The molecule has 3 aromatic rings. The Bertz CT molecular complexity index is 811. The molecule has 1 aromatic carbocycles. The van der Waals surface area contributed by atoms with Crippen molar-refractivity contribution in [3.63, 3.8) is 0 Å². The van der Waals surface area contributed by atoms with E-state index in [0.717, 1.165) is 5.56 Å². The van der Waals surface area contributed by atoms with Gasteiger partial charge in [-0.15, -0.1) is 11.3 Å². The van der Waals surface area contributed by atoms with E-state index in [1.807, 2.05) is 29.6 Å². The van der Waals surface area contributed by atoms with Crippen molar-refractivity contribution in [3.8, 4) is 5.75 Å². The van der Waals surface area contributed by atoms with Crippen LogP contribution in [0.5, 0.6) is 5.75 Å². The second kappa shape index (κ2) is 7.74. The fourth-order valence-corrected chi connectivity index (χ4v) is 3.54. The van der Waals surface area contributed by atoms with Gasteiger partial charge in [-0.25, -0.2) is 4.39 Å². The minimum absolute atomic E-state index is 0.00834. The van der Waals surface area contributed by atoms with E-state index >= 15 is 0 Å². The summed E-state index contributed by atoms with van der Waals surface area (Å²) in [7, 11) is 1.51. The monoisotopic (exact) mass is 359 g/mol. The molecule has 2 heterocycles. The van der Waals surface area contributed by atoms with Crippen molar-refractivity contribution >= 4 is 11.3 Å².